The molecular formula is C31H41N3O5S2. The largest absolute Gasteiger partial charge is 0.496 e. The molecule has 10 heteroatoms. The number of esters is 1. The van der Waals surface area contributed by atoms with Gasteiger partial charge in [0.05, 0.1) is 24.8 Å². The van der Waals surface area contributed by atoms with Gasteiger partial charge in [-0.1, -0.05) is 26.8 Å². The molecule has 1 fully saturated rings. The van der Waals surface area contributed by atoms with E-state index in [0.717, 1.165) is 20.5 Å². The molecule has 0 N–H and O–H groups in total. The van der Waals surface area contributed by atoms with Crippen molar-refractivity contribution in [3.05, 3.63) is 62.0 Å². The number of thiazole rings is 2. The highest BCUT2D eigenvalue weighted by Crippen LogP contribution is 2.51. The number of hydrogen-bond acceptors (Lipinski definition) is 9. The van der Waals surface area contributed by atoms with Gasteiger partial charge in [-0.2, -0.15) is 0 Å². The highest BCUT2D eigenvalue weighted by molar-refractivity contribution is 7.11. The Balaban J connectivity index is 1.95. The maximum Gasteiger partial charge on any atom is 0.333 e. The van der Waals surface area contributed by atoms with E-state index in [4.69, 9.17) is 19.2 Å². The van der Waals surface area contributed by atoms with Gasteiger partial charge in [0.15, 0.2) is 0 Å². The van der Waals surface area contributed by atoms with Crippen molar-refractivity contribution in [3.8, 4) is 5.75 Å². The molecule has 1 saturated heterocycles. The third-order valence-electron chi connectivity index (χ3n) is 7.24. The minimum atomic E-state index is -1.33. The molecular weight excluding hydrogens is 558 g/mol. The van der Waals surface area contributed by atoms with E-state index in [0.29, 0.717) is 24.3 Å². The highest BCUT2D eigenvalue weighted by Gasteiger charge is 2.61. The van der Waals surface area contributed by atoms with Crippen molar-refractivity contribution >= 4 is 34.6 Å². The third kappa shape index (κ3) is 6.49. The molecule has 3 aromatic rings. The molecule has 8 nitrogen and oxygen atoms in total. The standard InChI is InChI=1S/C31H41N3O5S2/c1-19-17-33-26(41-19)25-21(18-37-8)15-31(16-24-32-12-13-40-24,28(36)39-30(5,6)7)34(25)27(35)20-10-11-22(29(2,3)4)23(14-20)38-9/h10-14,17,21,25H,15-16,18H2,1-9H3/t21-,25-,31-/m1/s1. The molecule has 0 saturated carbocycles. The predicted octanol–water partition coefficient (Wildman–Crippen LogP) is 6.39. The zero-order valence-corrected chi connectivity index (χ0v) is 27.1. The summed E-state index contributed by atoms with van der Waals surface area (Å²) in [6.45, 7) is 14.2. The van der Waals surface area contributed by atoms with Crippen LogP contribution in [0.2, 0.25) is 0 Å². The second-order valence-corrected chi connectivity index (χ2v) is 14.9. The molecule has 3 atom stereocenters. The van der Waals surface area contributed by atoms with Crippen LogP contribution < -0.4 is 4.74 Å². The zero-order valence-electron chi connectivity index (χ0n) is 25.4. The number of hydrogen-bond donors (Lipinski definition) is 0. The number of amides is 1. The van der Waals surface area contributed by atoms with Gasteiger partial charge >= 0.3 is 5.97 Å². The summed E-state index contributed by atoms with van der Waals surface area (Å²) in [6, 6.07) is 5.04. The van der Waals surface area contributed by atoms with Crippen LogP contribution in [0, 0.1) is 12.8 Å². The normalized spacial score (nSPS) is 21.2. The number of carbonyl (C=O) groups is 2. The van der Waals surface area contributed by atoms with E-state index in [1.165, 1.54) is 22.7 Å². The number of likely N-dealkylation sites (tertiary alicyclic amines) is 1. The maximum absolute atomic E-state index is 14.8. The third-order valence-corrected chi connectivity index (χ3v) is 9.00. The van der Waals surface area contributed by atoms with Crippen molar-refractivity contribution < 1.29 is 23.8 Å². The predicted molar refractivity (Wildman–Crippen MR) is 162 cm³/mol. The van der Waals surface area contributed by atoms with Crippen molar-refractivity contribution in [3.63, 3.8) is 0 Å². The van der Waals surface area contributed by atoms with E-state index in [9.17, 15) is 9.59 Å². The van der Waals surface area contributed by atoms with Crippen LogP contribution in [0.25, 0.3) is 0 Å². The van der Waals surface area contributed by atoms with E-state index in [-0.39, 0.29) is 23.7 Å². The molecule has 0 spiro atoms. The molecule has 1 aromatic carbocycles. The zero-order chi connectivity index (χ0) is 30.2. The quantitative estimate of drug-likeness (QED) is 0.277. The number of aryl methyl sites for hydroxylation is 1. The summed E-state index contributed by atoms with van der Waals surface area (Å²) in [5.74, 6) is -0.315. The van der Waals surface area contributed by atoms with Crippen molar-refractivity contribution in [2.75, 3.05) is 20.8 Å². The summed E-state index contributed by atoms with van der Waals surface area (Å²) in [4.78, 5) is 41.2. The van der Waals surface area contributed by atoms with Gasteiger partial charge in [-0.05, 0) is 57.2 Å². The molecule has 2 aromatic heterocycles. The van der Waals surface area contributed by atoms with Crippen molar-refractivity contribution in [1.29, 1.82) is 0 Å². The molecule has 1 aliphatic rings. The van der Waals surface area contributed by atoms with Crippen molar-refractivity contribution in [2.24, 2.45) is 5.92 Å². The number of ether oxygens (including phenoxy) is 3. The van der Waals surface area contributed by atoms with Gasteiger partial charge in [0.25, 0.3) is 5.91 Å². The first kappa shape index (κ1) is 31.1. The van der Waals surface area contributed by atoms with Gasteiger partial charge < -0.3 is 19.1 Å². The van der Waals surface area contributed by atoms with Gasteiger partial charge in [0, 0.05) is 47.7 Å². The lowest BCUT2D eigenvalue weighted by molar-refractivity contribution is -0.167. The van der Waals surface area contributed by atoms with Gasteiger partial charge in [-0.3, -0.25) is 4.79 Å². The van der Waals surface area contributed by atoms with Crippen LogP contribution in [0.15, 0.2) is 36.0 Å². The summed E-state index contributed by atoms with van der Waals surface area (Å²) in [7, 11) is 3.25. The average Bonchev–Trinajstić information content (AvgIpc) is 3.62. The Morgan fingerprint density at radius 2 is 1.85 bits per heavy atom. The Bertz CT molecular complexity index is 1370. The van der Waals surface area contributed by atoms with E-state index < -0.39 is 23.2 Å². The molecule has 41 heavy (non-hydrogen) atoms. The topological polar surface area (TPSA) is 90.9 Å². The van der Waals surface area contributed by atoms with Crippen LogP contribution in [0.3, 0.4) is 0 Å². The summed E-state index contributed by atoms with van der Waals surface area (Å²) in [6.07, 6.45) is 4.10. The summed E-state index contributed by atoms with van der Waals surface area (Å²) in [5.41, 5.74) is -0.852. The van der Waals surface area contributed by atoms with Gasteiger partial charge in [0.1, 0.15) is 21.9 Å². The van der Waals surface area contributed by atoms with Crippen molar-refractivity contribution in [2.45, 2.75) is 83.9 Å². The van der Waals surface area contributed by atoms with E-state index in [1.54, 1.807) is 31.4 Å². The molecule has 0 radical (unpaired) electrons. The fourth-order valence-corrected chi connectivity index (χ4v) is 7.27. The second-order valence-electron chi connectivity index (χ2n) is 12.6. The fraction of sp³-hybridized carbons (Fsp3) is 0.548. The highest BCUT2D eigenvalue weighted by atomic mass is 32.1. The lowest BCUT2D eigenvalue weighted by Gasteiger charge is -2.40. The summed E-state index contributed by atoms with van der Waals surface area (Å²) < 4.78 is 17.5. The molecule has 0 unspecified atom stereocenters. The number of benzene rings is 1. The average molecular weight is 600 g/mol. The molecule has 1 aliphatic heterocycles. The Morgan fingerprint density at radius 1 is 1.12 bits per heavy atom. The number of nitrogens with zero attached hydrogens (tertiary/aromatic N) is 3. The van der Waals surface area contributed by atoms with Crippen LogP contribution in [0.5, 0.6) is 5.75 Å². The summed E-state index contributed by atoms with van der Waals surface area (Å²) >= 11 is 2.99. The smallest absolute Gasteiger partial charge is 0.333 e. The monoisotopic (exact) mass is 599 g/mol. The Hall–Kier alpha value is -2.82. The van der Waals surface area contributed by atoms with Crippen LogP contribution >= 0.6 is 22.7 Å². The molecule has 1 amide bonds. The van der Waals surface area contributed by atoms with E-state index in [2.05, 4.69) is 25.8 Å². The number of aromatic nitrogens is 2. The Kier molecular flexibility index (Phi) is 8.97. The number of methoxy groups -OCH3 is 2. The molecule has 0 bridgehead atoms. The molecule has 222 valence electrons. The lowest BCUT2D eigenvalue weighted by atomic mass is 9.85. The van der Waals surface area contributed by atoms with Crippen LogP contribution in [0.1, 0.15) is 84.8 Å². The molecule has 4 rings (SSSR count). The minimum absolute atomic E-state index is 0.184. The lowest BCUT2D eigenvalue weighted by Crippen LogP contribution is -2.57. The minimum Gasteiger partial charge on any atom is -0.496 e. The van der Waals surface area contributed by atoms with Crippen LogP contribution in [-0.4, -0.2) is 58.7 Å². The van der Waals surface area contributed by atoms with Gasteiger partial charge in [-0.15, -0.1) is 22.7 Å². The van der Waals surface area contributed by atoms with Crippen LogP contribution in [-0.2, 0) is 26.1 Å². The maximum atomic E-state index is 14.8. The Morgan fingerprint density at radius 3 is 2.39 bits per heavy atom. The first-order valence-corrected chi connectivity index (χ1v) is 15.4. The Labute approximate surface area is 251 Å². The molecule has 0 aliphatic carbocycles. The fourth-order valence-electron chi connectivity index (χ4n) is 5.58. The number of rotatable bonds is 8. The summed E-state index contributed by atoms with van der Waals surface area (Å²) in [5, 5.41) is 3.39. The second kappa shape index (κ2) is 11.8. The van der Waals surface area contributed by atoms with Gasteiger partial charge in [0.2, 0.25) is 0 Å². The van der Waals surface area contributed by atoms with Gasteiger partial charge in [-0.25, -0.2) is 14.8 Å². The first-order valence-electron chi connectivity index (χ1n) is 13.8. The SMILES string of the molecule is COC[C@H]1C[C@@](Cc2nccs2)(C(=O)OC(C)(C)C)N(C(=O)c2ccc(C(C)(C)C)c(OC)c2)[C@H]1c1ncc(C)s1. The van der Waals surface area contributed by atoms with Crippen molar-refractivity contribution in [1.82, 2.24) is 14.9 Å². The first-order chi connectivity index (χ1) is 19.2. The van der Waals surface area contributed by atoms with E-state index >= 15 is 0 Å². The van der Waals surface area contributed by atoms with Crippen LogP contribution in [0.4, 0.5) is 0 Å². The number of carbonyl (C=O) groups excluding carboxylic acids is 2. The van der Waals surface area contributed by atoms with E-state index in [1.807, 2.05) is 51.4 Å². The molecule has 3 heterocycles.